The van der Waals surface area contributed by atoms with E-state index in [4.69, 9.17) is 0 Å². The van der Waals surface area contributed by atoms with E-state index in [9.17, 15) is 18.0 Å². The summed E-state index contributed by atoms with van der Waals surface area (Å²) < 4.78 is 37.3. The zero-order chi connectivity index (χ0) is 14.6. The van der Waals surface area contributed by atoms with Gasteiger partial charge in [0.25, 0.3) is 5.91 Å². The molecule has 0 saturated heterocycles. The zero-order valence-corrected chi connectivity index (χ0v) is 10.8. The van der Waals surface area contributed by atoms with Crippen molar-refractivity contribution in [3.8, 4) is 0 Å². The largest absolute Gasteiger partial charge is 0.446 e. The maximum atomic E-state index is 12.4. The van der Waals surface area contributed by atoms with Crippen molar-refractivity contribution in [2.75, 3.05) is 5.32 Å². The van der Waals surface area contributed by atoms with Crippen molar-refractivity contribution in [1.82, 2.24) is 4.98 Å². The fourth-order valence-electron chi connectivity index (χ4n) is 1.47. The number of hydrogen-bond donors (Lipinski definition) is 1. The van der Waals surface area contributed by atoms with Crippen LogP contribution in [0.15, 0.2) is 53.6 Å². The first-order valence-corrected chi connectivity index (χ1v) is 6.34. The molecule has 7 heteroatoms. The van der Waals surface area contributed by atoms with Gasteiger partial charge in [0.05, 0.1) is 5.69 Å². The average Bonchev–Trinajstić information content (AvgIpc) is 2.40. The van der Waals surface area contributed by atoms with Gasteiger partial charge in [0.15, 0.2) is 0 Å². The van der Waals surface area contributed by atoms with E-state index in [0.717, 1.165) is 0 Å². The van der Waals surface area contributed by atoms with Crippen LogP contribution in [0.2, 0.25) is 0 Å². The van der Waals surface area contributed by atoms with Crippen LogP contribution in [-0.4, -0.2) is 16.4 Å². The Bertz CT molecular complexity index is 602. The Morgan fingerprint density at radius 1 is 1.10 bits per heavy atom. The fourth-order valence-corrected chi connectivity index (χ4v) is 2.09. The Morgan fingerprint density at radius 2 is 1.80 bits per heavy atom. The van der Waals surface area contributed by atoms with Crippen molar-refractivity contribution in [3.63, 3.8) is 0 Å². The number of carbonyl (C=O) groups excluding carboxylic acids is 1. The molecule has 0 atom stereocenters. The number of nitrogens with one attached hydrogen (secondary N) is 1. The summed E-state index contributed by atoms with van der Waals surface area (Å²) in [7, 11) is 0. The number of carbonyl (C=O) groups is 1. The summed E-state index contributed by atoms with van der Waals surface area (Å²) in [6.07, 6.45) is 1.44. The number of anilines is 1. The molecule has 104 valence electrons. The molecule has 0 spiro atoms. The van der Waals surface area contributed by atoms with Gasteiger partial charge in [-0.25, -0.2) is 0 Å². The lowest BCUT2D eigenvalue weighted by Gasteiger charge is -2.11. The van der Waals surface area contributed by atoms with E-state index in [1.54, 1.807) is 18.2 Å². The molecule has 0 unspecified atom stereocenters. The molecule has 0 bridgehead atoms. The predicted octanol–water partition coefficient (Wildman–Crippen LogP) is 3.95. The van der Waals surface area contributed by atoms with Crippen LogP contribution in [0.4, 0.5) is 18.9 Å². The summed E-state index contributed by atoms with van der Waals surface area (Å²) in [5, 5.41) is 2.43. The van der Waals surface area contributed by atoms with Gasteiger partial charge in [-0.15, -0.1) is 0 Å². The monoisotopic (exact) mass is 298 g/mol. The molecule has 0 radical (unpaired) electrons. The molecule has 0 aliphatic carbocycles. The Labute approximate surface area is 117 Å². The number of thioether (sulfide) groups is 1. The van der Waals surface area contributed by atoms with E-state index in [2.05, 4.69) is 10.3 Å². The number of nitrogens with zero attached hydrogens (tertiary/aromatic N) is 1. The Hall–Kier alpha value is -2.02. The van der Waals surface area contributed by atoms with Gasteiger partial charge in [-0.1, -0.05) is 18.2 Å². The molecule has 1 aromatic carbocycles. The van der Waals surface area contributed by atoms with Gasteiger partial charge in [-0.2, -0.15) is 13.2 Å². The molecule has 0 aliphatic heterocycles. The summed E-state index contributed by atoms with van der Waals surface area (Å²) in [6.45, 7) is 0. The summed E-state index contributed by atoms with van der Waals surface area (Å²) >= 11 is -0.271. The van der Waals surface area contributed by atoms with Crippen LogP contribution in [0.25, 0.3) is 0 Å². The first kappa shape index (κ1) is 14.4. The minimum absolute atomic E-state index is 0.0655. The lowest BCUT2D eigenvalue weighted by Crippen LogP contribution is -2.14. The Morgan fingerprint density at radius 3 is 2.45 bits per heavy atom. The lowest BCUT2D eigenvalue weighted by molar-refractivity contribution is -0.0328. The highest BCUT2D eigenvalue weighted by Crippen LogP contribution is 2.40. The summed E-state index contributed by atoms with van der Waals surface area (Å²) in [6, 6.07) is 10.5. The molecule has 1 amide bonds. The number of benzene rings is 1. The topological polar surface area (TPSA) is 42.0 Å². The first-order valence-electron chi connectivity index (χ1n) is 5.53. The van der Waals surface area contributed by atoms with Crippen LogP contribution in [0.3, 0.4) is 0 Å². The van der Waals surface area contributed by atoms with Gasteiger partial charge in [-0.3, -0.25) is 9.78 Å². The third-order valence-corrected chi connectivity index (χ3v) is 3.07. The third-order valence-electron chi connectivity index (χ3n) is 2.26. The second-order valence-corrected chi connectivity index (χ2v) is 4.82. The van der Waals surface area contributed by atoms with Gasteiger partial charge in [0, 0.05) is 11.1 Å². The van der Waals surface area contributed by atoms with E-state index in [-0.39, 0.29) is 28.0 Å². The normalized spacial score (nSPS) is 11.2. The first-order chi connectivity index (χ1) is 9.46. The molecule has 1 N–H and O–H groups in total. The summed E-state index contributed by atoms with van der Waals surface area (Å²) in [4.78, 5) is 15.6. The maximum absolute atomic E-state index is 12.4. The molecule has 1 aromatic heterocycles. The van der Waals surface area contributed by atoms with Crippen molar-refractivity contribution in [2.24, 2.45) is 0 Å². The summed E-state index contributed by atoms with van der Waals surface area (Å²) in [5.74, 6) is -0.555. The molecule has 2 rings (SSSR count). The van der Waals surface area contributed by atoms with Crippen LogP contribution in [0, 0.1) is 0 Å². The van der Waals surface area contributed by atoms with Gasteiger partial charge in [-0.05, 0) is 36.0 Å². The highest BCUT2D eigenvalue weighted by molar-refractivity contribution is 8.00. The average molecular weight is 298 g/mol. The number of hydrogen-bond acceptors (Lipinski definition) is 3. The minimum Gasteiger partial charge on any atom is -0.320 e. The molecule has 20 heavy (non-hydrogen) atoms. The molecule has 3 nitrogen and oxygen atoms in total. The van der Waals surface area contributed by atoms with Crippen molar-refractivity contribution >= 4 is 23.4 Å². The minimum atomic E-state index is -4.41. The van der Waals surface area contributed by atoms with Gasteiger partial charge in [0.1, 0.15) is 5.69 Å². The van der Waals surface area contributed by atoms with E-state index in [0.29, 0.717) is 0 Å². The predicted molar refractivity (Wildman–Crippen MR) is 70.5 cm³/mol. The molecule has 0 fully saturated rings. The third kappa shape index (κ3) is 3.99. The number of para-hydroxylation sites is 1. The number of amides is 1. The second-order valence-electron chi connectivity index (χ2n) is 3.71. The molecule has 0 saturated carbocycles. The van der Waals surface area contributed by atoms with Crippen LogP contribution in [0.1, 0.15) is 10.5 Å². The number of halogens is 3. The molecular formula is C13H9F3N2OS. The second kappa shape index (κ2) is 5.96. The quantitative estimate of drug-likeness (QED) is 0.873. The van der Waals surface area contributed by atoms with Gasteiger partial charge in [0.2, 0.25) is 0 Å². The Kier molecular flexibility index (Phi) is 4.29. The van der Waals surface area contributed by atoms with E-state index < -0.39 is 11.4 Å². The number of alkyl halides is 3. The zero-order valence-electron chi connectivity index (χ0n) is 10.0. The van der Waals surface area contributed by atoms with Crippen molar-refractivity contribution in [2.45, 2.75) is 10.4 Å². The van der Waals surface area contributed by atoms with Crippen LogP contribution in [0.5, 0.6) is 0 Å². The van der Waals surface area contributed by atoms with Crippen molar-refractivity contribution < 1.29 is 18.0 Å². The number of aromatic nitrogens is 1. The summed E-state index contributed by atoms with van der Waals surface area (Å²) in [5.41, 5.74) is -4.17. The van der Waals surface area contributed by atoms with Crippen molar-refractivity contribution in [1.29, 1.82) is 0 Å². The molecule has 1 heterocycles. The number of pyridine rings is 1. The SMILES string of the molecule is O=C(Nc1ccccc1SC(F)(F)F)c1ccccn1. The molecule has 0 aliphatic rings. The van der Waals surface area contributed by atoms with E-state index >= 15 is 0 Å². The fraction of sp³-hybridized carbons (Fsp3) is 0.0769. The molecular weight excluding hydrogens is 289 g/mol. The van der Waals surface area contributed by atoms with Crippen LogP contribution < -0.4 is 5.32 Å². The van der Waals surface area contributed by atoms with Gasteiger partial charge < -0.3 is 5.32 Å². The standard InChI is InChI=1S/C13H9F3N2OS/c14-13(15,16)20-11-7-2-1-5-9(11)18-12(19)10-6-3-4-8-17-10/h1-8H,(H,18,19). The van der Waals surface area contributed by atoms with Gasteiger partial charge >= 0.3 is 5.51 Å². The smallest absolute Gasteiger partial charge is 0.320 e. The lowest BCUT2D eigenvalue weighted by atomic mass is 10.3. The van der Waals surface area contributed by atoms with E-state index in [1.807, 2.05) is 0 Å². The van der Waals surface area contributed by atoms with Crippen LogP contribution >= 0.6 is 11.8 Å². The molecule has 2 aromatic rings. The highest BCUT2D eigenvalue weighted by Gasteiger charge is 2.30. The Balaban J connectivity index is 2.20. The maximum Gasteiger partial charge on any atom is 0.446 e. The van der Waals surface area contributed by atoms with E-state index in [1.165, 1.54) is 30.5 Å². The number of rotatable bonds is 3. The highest BCUT2D eigenvalue weighted by atomic mass is 32.2. The van der Waals surface area contributed by atoms with Crippen molar-refractivity contribution in [3.05, 3.63) is 54.4 Å². The van der Waals surface area contributed by atoms with Crippen LogP contribution in [-0.2, 0) is 0 Å².